The van der Waals surface area contributed by atoms with E-state index in [0.29, 0.717) is 0 Å². The predicted octanol–water partition coefficient (Wildman–Crippen LogP) is 3.06. The molecule has 0 aromatic heterocycles. The van der Waals surface area contributed by atoms with E-state index in [1.807, 2.05) is 70.1 Å². The number of benzene rings is 1. The molecular formula is C16H25NO2. The van der Waals surface area contributed by atoms with Crippen molar-refractivity contribution in [2.75, 3.05) is 14.1 Å². The molecule has 0 aliphatic heterocycles. The summed E-state index contributed by atoms with van der Waals surface area (Å²) in [5, 5.41) is 0. The Morgan fingerprint density at radius 1 is 1.16 bits per heavy atom. The first-order valence-electron chi connectivity index (χ1n) is 6.66. The third kappa shape index (κ3) is 4.67. The Balaban J connectivity index is 2.92. The van der Waals surface area contributed by atoms with Crippen LogP contribution in [0.15, 0.2) is 30.3 Å². The quantitative estimate of drug-likeness (QED) is 0.782. The second-order valence-corrected chi connectivity index (χ2v) is 6.14. The van der Waals surface area contributed by atoms with Gasteiger partial charge in [-0.15, -0.1) is 0 Å². The summed E-state index contributed by atoms with van der Waals surface area (Å²) in [6.45, 7) is 7.74. The highest BCUT2D eigenvalue weighted by Gasteiger charge is 2.32. The lowest BCUT2D eigenvalue weighted by Crippen LogP contribution is -2.43. The van der Waals surface area contributed by atoms with Gasteiger partial charge in [0, 0.05) is 5.92 Å². The standard InChI is InChI=1S/C16H25NO2/c1-12(13-10-8-7-9-11-13)14(17(5)6)15(18)19-16(2,3)4/h7-12,14H,1-6H3/t12-,14?/m1/s1. The Hall–Kier alpha value is -1.35. The van der Waals surface area contributed by atoms with Crippen LogP contribution in [0, 0.1) is 0 Å². The van der Waals surface area contributed by atoms with Crippen molar-refractivity contribution in [2.24, 2.45) is 0 Å². The number of rotatable bonds is 4. The molecule has 0 fully saturated rings. The van der Waals surface area contributed by atoms with Gasteiger partial charge in [0.25, 0.3) is 0 Å². The van der Waals surface area contributed by atoms with Crippen LogP contribution < -0.4 is 0 Å². The summed E-state index contributed by atoms with van der Waals surface area (Å²) in [7, 11) is 3.82. The Morgan fingerprint density at radius 3 is 2.11 bits per heavy atom. The molecule has 1 aromatic rings. The molecule has 1 rings (SSSR count). The van der Waals surface area contributed by atoms with Crippen molar-refractivity contribution in [3.05, 3.63) is 35.9 Å². The highest BCUT2D eigenvalue weighted by molar-refractivity contribution is 5.77. The van der Waals surface area contributed by atoms with Crippen LogP contribution in [0.2, 0.25) is 0 Å². The van der Waals surface area contributed by atoms with Gasteiger partial charge in [-0.2, -0.15) is 0 Å². The lowest BCUT2D eigenvalue weighted by molar-refractivity contribution is -0.161. The highest BCUT2D eigenvalue weighted by Crippen LogP contribution is 2.24. The average molecular weight is 263 g/mol. The molecule has 0 saturated carbocycles. The molecule has 19 heavy (non-hydrogen) atoms. The largest absolute Gasteiger partial charge is 0.459 e. The van der Waals surface area contributed by atoms with Crippen LogP contribution in [0.4, 0.5) is 0 Å². The molecule has 0 saturated heterocycles. The lowest BCUT2D eigenvalue weighted by Gasteiger charge is -2.31. The van der Waals surface area contributed by atoms with Gasteiger partial charge in [0.1, 0.15) is 11.6 Å². The second-order valence-electron chi connectivity index (χ2n) is 6.14. The highest BCUT2D eigenvalue weighted by atomic mass is 16.6. The van der Waals surface area contributed by atoms with Crippen molar-refractivity contribution in [3.8, 4) is 0 Å². The van der Waals surface area contributed by atoms with Crippen LogP contribution in [0.5, 0.6) is 0 Å². The summed E-state index contributed by atoms with van der Waals surface area (Å²) >= 11 is 0. The molecule has 3 nitrogen and oxygen atoms in total. The average Bonchev–Trinajstić information content (AvgIpc) is 2.27. The Labute approximate surface area is 116 Å². The van der Waals surface area contributed by atoms with Crippen LogP contribution in [0.1, 0.15) is 39.2 Å². The van der Waals surface area contributed by atoms with E-state index >= 15 is 0 Å². The SMILES string of the molecule is C[C@H](c1ccccc1)C(C(=O)OC(C)(C)C)N(C)C. The maximum absolute atomic E-state index is 12.4. The van der Waals surface area contributed by atoms with Gasteiger partial charge in [-0.25, -0.2) is 0 Å². The Kier molecular flexibility index (Phi) is 5.12. The molecule has 0 radical (unpaired) electrons. The number of likely N-dealkylation sites (N-methyl/N-ethyl adjacent to an activating group) is 1. The van der Waals surface area contributed by atoms with Crippen LogP contribution in [0.3, 0.4) is 0 Å². The zero-order chi connectivity index (χ0) is 14.6. The van der Waals surface area contributed by atoms with Gasteiger partial charge in [0.15, 0.2) is 0 Å². The van der Waals surface area contributed by atoms with Crippen LogP contribution in [-0.2, 0) is 9.53 Å². The normalized spacial score (nSPS) is 15.1. The molecule has 0 aliphatic rings. The molecular weight excluding hydrogens is 238 g/mol. The van der Waals surface area contributed by atoms with Crippen LogP contribution >= 0.6 is 0 Å². The van der Waals surface area contributed by atoms with Gasteiger partial charge in [-0.05, 0) is 40.4 Å². The molecule has 1 unspecified atom stereocenters. The molecule has 106 valence electrons. The zero-order valence-electron chi connectivity index (χ0n) is 12.8. The van der Waals surface area contributed by atoms with E-state index < -0.39 is 5.60 Å². The van der Waals surface area contributed by atoms with E-state index in [-0.39, 0.29) is 17.9 Å². The first-order valence-corrected chi connectivity index (χ1v) is 6.66. The Morgan fingerprint density at radius 2 is 1.68 bits per heavy atom. The number of esters is 1. The summed E-state index contributed by atoms with van der Waals surface area (Å²) in [6, 6.07) is 9.79. The number of ether oxygens (including phenoxy) is 1. The van der Waals surface area contributed by atoms with Gasteiger partial charge < -0.3 is 4.74 Å². The molecule has 1 aromatic carbocycles. The minimum absolute atomic E-state index is 0.0889. The third-order valence-electron chi connectivity index (χ3n) is 3.00. The minimum Gasteiger partial charge on any atom is -0.459 e. The first kappa shape index (κ1) is 15.7. The molecule has 0 heterocycles. The molecule has 0 aliphatic carbocycles. The van der Waals surface area contributed by atoms with E-state index in [9.17, 15) is 4.79 Å². The fourth-order valence-electron chi connectivity index (χ4n) is 2.16. The van der Waals surface area contributed by atoms with Crippen molar-refractivity contribution in [2.45, 2.75) is 45.3 Å². The minimum atomic E-state index is -0.457. The summed E-state index contributed by atoms with van der Waals surface area (Å²) < 4.78 is 5.52. The summed E-state index contributed by atoms with van der Waals surface area (Å²) in [5.41, 5.74) is 0.689. The third-order valence-corrected chi connectivity index (χ3v) is 3.00. The van der Waals surface area contributed by atoms with E-state index in [1.54, 1.807) is 0 Å². The number of hydrogen-bond donors (Lipinski definition) is 0. The zero-order valence-corrected chi connectivity index (χ0v) is 12.8. The fourth-order valence-corrected chi connectivity index (χ4v) is 2.16. The topological polar surface area (TPSA) is 29.5 Å². The summed E-state index contributed by atoms with van der Waals surface area (Å²) in [4.78, 5) is 14.3. The lowest BCUT2D eigenvalue weighted by atomic mass is 9.92. The van der Waals surface area contributed by atoms with Gasteiger partial charge in [-0.1, -0.05) is 37.3 Å². The molecule has 0 amide bonds. The van der Waals surface area contributed by atoms with Gasteiger partial charge in [0.2, 0.25) is 0 Å². The maximum Gasteiger partial charge on any atom is 0.324 e. The predicted molar refractivity (Wildman–Crippen MR) is 78.2 cm³/mol. The van der Waals surface area contributed by atoms with E-state index in [1.165, 1.54) is 0 Å². The van der Waals surface area contributed by atoms with Gasteiger partial charge in [0.05, 0.1) is 0 Å². The van der Waals surface area contributed by atoms with Crippen LogP contribution in [0.25, 0.3) is 0 Å². The van der Waals surface area contributed by atoms with Crippen molar-refractivity contribution in [1.82, 2.24) is 4.90 Å². The second kappa shape index (κ2) is 6.20. The van der Waals surface area contributed by atoms with Crippen molar-refractivity contribution < 1.29 is 9.53 Å². The Bertz CT molecular complexity index is 407. The number of carbonyl (C=O) groups excluding carboxylic acids is 1. The number of carbonyl (C=O) groups is 1. The molecule has 2 atom stereocenters. The summed E-state index contributed by atoms with van der Waals surface area (Å²) in [6.07, 6.45) is 0. The van der Waals surface area contributed by atoms with Crippen molar-refractivity contribution in [3.63, 3.8) is 0 Å². The number of nitrogens with zero attached hydrogens (tertiary/aromatic N) is 1. The van der Waals surface area contributed by atoms with Gasteiger partial charge >= 0.3 is 5.97 Å². The monoisotopic (exact) mass is 263 g/mol. The molecule has 0 spiro atoms. The van der Waals surface area contributed by atoms with E-state index in [2.05, 4.69) is 6.92 Å². The van der Waals surface area contributed by atoms with E-state index in [0.717, 1.165) is 5.56 Å². The maximum atomic E-state index is 12.4. The van der Waals surface area contributed by atoms with E-state index in [4.69, 9.17) is 4.74 Å². The van der Waals surface area contributed by atoms with Crippen molar-refractivity contribution >= 4 is 5.97 Å². The van der Waals surface area contributed by atoms with Crippen molar-refractivity contribution in [1.29, 1.82) is 0 Å². The molecule has 0 bridgehead atoms. The first-order chi connectivity index (χ1) is 8.72. The summed E-state index contributed by atoms with van der Waals surface area (Å²) in [5.74, 6) is -0.0834. The molecule has 3 heteroatoms. The van der Waals surface area contributed by atoms with Gasteiger partial charge in [-0.3, -0.25) is 9.69 Å². The van der Waals surface area contributed by atoms with Crippen LogP contribution in [-0.4, -0.2) is 36.6 Å². The smallest absolute Gasteiger partial charge is 0.324 e. The number of hydrogen-bond acceptors (Lipinski definition) is 3. The molecule has 0 N–H and O–H groups in total. The fraction of sp³-hybridized carbons (Fsp3) is 0.562.